The zero-order valence-electron chi connectivity index (χ0n) is 57.9. The molecular formula is C71H91ClN13O14S. The molecular weight excluding hydrogens is 1330 g/mol. The number of guanidine groups is 1. The lowest BCUT2D eigenvalue weighted by atomic mass is 9.84. The molecule has 27 nitrogen and oxygen atoms in total. The van der Waals surface area contributed by atoms with E-state index in [1.54, 1.807) is 37.8 Å². The summed E-state index contributed by atoms with van der Waals surface area (Å²) in [5, 5.41) is 25.9. The fourth-order valence-electron chi connectivity index (χ4n) is 13.2. The summed E-state index contributed by atoms with van der Waals surface area (Å²) < 4.78 is 35.9. The number of carbonyl (C=O) groups excluding carboxylic acids is 11. The van der Waals surface area contributed by atoms with E-state index >= 15 is 0 Å². The average Bonchev–Trinajstić information content (AvgIpc) is 0.946. The number of nitrogens with zero attached hydrogens (tertiary/aromatic N) is 3. The maximum atomic E-state index is 14.5. The third-order valence-electron chi connectivity index (χ3n) is 18.7. The van der Waals surface area contributed by atoms with E-state index in [1.807, 2.05) is 80.6 Å². The molecule has 0 spiro atoms. The number of likely N-dealkylation sites (tertiary alicyclic amines) is 3. The molecule has 0 bridgehead atoms. The number of ether oxygens (including phenoxy) is 1. The minimum Gasteiger partial charge on any atom is -0.487 e. The summed E-state index contributed by atoms with van der Waals surface area (Å²) in [5.74, 6) is -6.40. The number of amides is 9. The van der Waals surface area contributed by atoms with Crippen LogP contribution in [0.5, 0.6) is 5.75 Å². The van der Waals surface area contributed by atoms with E-state index < -0.39 is 136 Å². The van der Waals surface area contributed by atoms with Gasteiger partial charge in [0.2, 0.25) is 59.1 Å². The Kier molecular flexibility index (Phi) is 25.4. The Hall–Kier alpha value is -9.28. The minimum absolute atomic E-state index is 0.0298. The van der Waals surface area contributed by atoms with Crippen molar-refractivity contribution < 1.29 is 65.9 Å². The van der Waals surface area contributed by atoms with Crippen molar-refractivity contribution in [3.63, 3.8) is 0 Å². The van der Waals surface area contributed by atoms with E-state index in [-0.39, 0.29) is 49.1 Å². The number of carbonyl (C=O) groups is 11. The Morgan fingerprint density at radius 3 is 1.79 bits per heavy atom. The predicted molar refractivity (Wildman–Crippen MR) is 372 cm³/mol. The summed E-state index contributed by atoms with van der Waals surface area (Å²) in [6.07, 6.45) is 3.88. The van der Waals surface area contributed by atoms with E-state index in [4.69, 9.17) is 27.5 Å². The van der Waals surface area contributed by atoms with E-state index in [1.165, 1.54) is 30.6 Å². The van der Waals surface area contributed by atoms with Gasteiger partial charge in [0.05, 0.1) is 29.9 Å². The first-order valence-electron chi connectivity index (χ1n) is 33.7. The highest BCUT2D eigenvalue weighted by molar-refractivity contribution is 7.90. The number of hydrogen-bond donors (Lipinski definition) is 10. The molecule has 3 fully saturated rings. The molecule has 29 heteroatoms. The first-order valence-corrected chi connectivity index (χ1v) is 35.6. The van der Waals surface area contributed by atoms with Crippen molar-refractivity contribution in [2.45, 2.75) is 185 Å². The molecule has 8 atom stereocenters. The summed E-state index contributed by atoms with van der Waals surface area (Å²) in [6, 6.07) is 15.6. The normalized spacial score (nSPS) is 18.6. The lowest BCUT2D eigenvalue weighted by Crippen LogP contribution is -2.57. The number of fused-ring (bicyclic) bond motifs is 1. The Labute approximate surface area is 587 Å². The maximum absolute atomic E-state index is 14.5. The number of nitrogens with two attached hydrogens (primary N) is 1. The molecule has 4 aliphatic heterocycles. The van der Waals surface area contributed by atoms with Crippen molar-refractivity contribution in [2.24, 2.45) is 5.73 Å². The van der Waals surface area contributed by atoms with Gasteiger partial charge < -0.3 is 62.4 Å². The Balaban J connectivity index is 0.761. The van der Waals surface area contributed by atoms with Gasteiger partial charge in [-0.05, 0) is 172 Å². The van der Waals surface area contributed by atoms with Crippen molar-refractivity contribution >= 4 is 92.3 Å². The topological polar surface area (TPSA) is 387 Å². The molecule has 4 heterocycles. The van der Waals surface area contributed by atoms with Crippen molar-refractivity contribution in [2.75, 3.05) is 39.3 Å². The average molecular weight is 1420 g/mol. The van der Waals surface area contributed by atoms with Gasteiger partial charge in [-0.15, -0.1) is 0 Å². The van der Waals surface area contributed by atoms with Crippen LogP contribution in [0.1, 0.15) is 149 Å². The van der Waals surface area contributed by atoms with Crippen LogP contribution in [0.3, 0.4) is 0 Å². The standard InChI is InChI=1S/C71H91ClN13O14S/c1-39-40(2)62(41(3)49-30-31-71(8,9)99-61(39)49)100(97,98)82-70(74)75-32-16-24-52(81-66(93)59(73)45(7)86)65(92)79-42(4)63(90)77-37-56(87)76-38-57(88)78-43(5)64(91)80-44(6)67(94)84-34-18-26-54(84)69(96)85-35-19-27-55(85)68(95)83-33-17-25-53(83)60(89)48-28-29-50(51(72)36-48)58(46-20-12-10-13-21-46)47-22-14-11-15-23-47/h10-15,20-23,28-29,36,42-44,52-55,59H,16-19,24-27,30-35,37-38,73H2,1-9H3,(H,76,87)(H,77,90)(H,78,88)(H,79,92)(H,80,91)(H,81,93)(H3,74,75,82)/t42-,43-,44-,52-,53-,54-,55-,59-/m0/s1. The first kappa shape index (κ1) is 76.5. The Morgan fingerprint density at radius 1 is 0.640 bits per heavy atom. The molecule has 0 unspecified atom stereocenters. The van der Waals surface area contributed by atoms with E-state index in [2.05, 4.69) is 41.9 Å². The van der Waals surface area contributed by atoms with Crippen molar-refractivity contribution in [1.29, 1.82) is 5.41 Å². The highest BCUT2D eigenvalue weighted by Gasteiger charge is 2.47. The van der Waals surface area contributed by atoms with Gasteiger partial charge in [0.15, 0.2) is 11.6 Å². The fraction of sp³-hybridized carbons (Fsp3) is 0.479. The quantitative estimate of drug-likeness (QED) is 0.0102. The van der Waals surface area contributed by atoms with Crippen LogP contribution in [0.15, 0.2) is 83.8 Å². The SMILES string of the molecule is CC(=O)[C@H](N)C(=O)N[C@@H](CCCNC(=N)NS(=O)(=O)c1c(C)c(C)c2c(c1C)CCC(C)(C)O2)C(=O)N[C@@H](C)C(=O)NCC(=O)NCC(=O)N[C@@H](C)C(=O)N[C@@H](C)C(=O)N1CCC[C@H]1C(=O)N1CCC[C@H]1C(=O)N1CCC[C@H]1C(=O)c1ccc([C](c2ccccc2)c2ccccc2)c(Cl)c1. The Bertz CT molecular complexity index is 3890. The zero-order valence-corrected chi connectivity index (χ0v) is 59.4. The third-order valence-corrected chi connectivity index (χ3v) is 20.7. The van der Waals surface area contributed by atoms with Gasteiger partial charge in [0, 0.05) is 36.8 Å². The predicted octanol–water partition coefficient (Wildman–Crippen LogP) is 2.97. The molecule has 4 aliphatic rings. The number of rotatable bonds is 27. The smallest absolute Gasteiger partial charge is 0.264 e. The van der Waals surface area contributed by atoms with Crippen LogP contribution in [0.4, 0.5) is 0 Å². The van der Waals surface area contributed by atoms with Gasteiger partial charge in [-0.2, -0.15) is 0 Å². The maximum Gasteiger partial charge on any atom is 0.264 e. The molecule has 4 aromatic carbocycles. The minimum atomic E-state index is -4.27. The second kappa shape index (κ2) is 33.3. The highest BCUT2D eigenvalue weighted by Crippen LogP contribution is 2.43. The monoisotopic (exact) mass is 1420 g/mol. The third kappa shape index (κ3) is 18.4. The Morgan fingerprint density at radius 2 is 1.19 bits per heavy atom. The molecule has 9 amide bonds. The number of hydrogen-bond acceptors (Lipinski definition) is 16. The molecule has 1 radical (unpaired) electrons. The number of nitrogens with one attached hydrogen (secondary N) is 9. The van der Waals surface area contributed by atoms with E-state index in [9.17, 15) is 61.2 Å². The van der Waals surface area contributed by atoms with Gasteiger partial charge in [-0.25, -0.2) is 13.1 Å². The number of halogens is 1. The van der Waals surface area contributed by atoms with Gasteiger partial charge in [-0.3, -0.25) is 58.1 Å². The summed E-state index contributed by atoms with van der Waals surface area (Å²) >= 11 is 7.00. The van der Waals surface area contributed by atoms with Gasteiger partial charge >= 0.3 is 0 Å². The second-order valence-electron chi connectivity index (χ2n) is 26.6. The van der Waals surface area contributed by atoms with Crippen molar-refractivity contribution in [1.82, 2.24) is 56.6 Å². The van der Waals surface area contributed by atoms with Crippen LogP contribution < -0.4 is 52.4 Å². The van der Waals surface area contributed by atoms with Crippen LogP contribution in [0.2, 0.25) is 5.02 Å². The number of sulfonamides is 1. The van der Waals surface area contributed by atoms with Crippen molar-refractivity contribution in [3.8, 4) is 5.75 Å². The number of benzene rings is 4. The number of Topliss-reactive ketones (excluding diaryl/α,β-unsaturated/α-hetero) is 2. The lowest BCUT2D eigenvalue weighted by Gasteiger charge is -2.35. The fourth-order valence-corrected chi connectivity index (χ4v) is 15.0. The van der Waals surface area contributed by atoms with Crippen LogP contribution in [0.25, 0.3) is 0 Å². The molecule has 537 valence electrons. The summed E-state index contributed by atoms with van der Waals surface area (Å²) in [7, 11) is -4.27. The van der Waals surface area contributed by atoms with E-state index in [0.717, 1.165) is 35.1 Å². The molecule has 3 saturated heterocycles. The zero-order chi connectivity index (χ0) is 73.1. The van der Waals surface area contributed by atoms with Crippen LogP contribution in [-0.2, 0) is 64.4 Å². The van der Waals surface area contributed by atoms with Gasteiger partial charge in [0.1, 0.15) is 53.6 Å². The summed E-state index contributed by atoms with van der Waals surface area (Å²) in [6.45, 7) is 13.7. The summed E-state index contributed by atoms with van der Waals surface area (Å²) in [5.41, 5.74) is 10.7. The molecule has 0 aliphatic carbocycles. The molecule has 0 saturated carbocycles. The highest BCUT2D eigenvalue weighted by atomic mass is 35.5. The molecule has 4 aromatic rings. The lowest BCUT2D eigenvalue weighted by molar-refractivity contribution is -0.149. The molecule has 0 aromatic heterocycles. The second-order valence-corrected chi connectivity index (χ2v) is 28.6. The largest absolute Gasteiger partial charge is 0.487 e. The number of ketones is 2. The molecule has 100 heavy (non-hydrogen) atoms. The van der Waals surface area contributed by atoms with Crippen LogP contribution in [-0.4, -0.2) is 187 Å². The van der Waals surface area contributed by atoms with Gasteiger partial charge in [0.25, 0.3) is 10.0 Å². The molecule has 11 N–H and O–H groups in total. The van der Waals surface area contributed by atoms with E-state index in [0.29, 0.717) is 90.9 Å². The van der Waals surface area contributed by atoms with Crippen molar-refractivity contribution in [3.05, 3.63) is 134 Å². The summed E-state index contributed by atoms with van der Waals surface area (Å²) in [4.78, 5) is 152. The van der Waals surface area contributed by atoms with Crippen LogP contribution >= 0.6 is 11.6 Å². The van der Waals surface area contributed by atoms with Crippen LogP contribution in [0, 0.1) is 32.1 Å². The molecule has 8 rings (SSSR count). The van der Waals surface area contributed by atoms with Gasteiger partial charge in [-0.1, -0.05) is 84.4 Å². The first-order chi connectivity index (χ1) is 47.3.